The first-order valence-corrected chi connectivity index (χ1v) is 9.03. The molecule has 26 heavy (non-hydrogen) atoms. The van der Waals surface area contributed by atoms with E-state index in [-0.39, 0.29) is 5.56 Å². The number of hydrogen-bond acceptors (Lipinski definition) is 4. The van der Waals surface area contributed by atoms with Crippen LogP contribution in [0.2, 0.25) is 0 Å². The van der Waals surface area contributed by atoms with Gasteiger partial charge in [0, 0.05) is 30.1 Å². The molecule has 0 N–H and O–H groups in total. The van der Waals surface area contributed by atoms with Crippen molar-refractivity contribution >= 4 is 21.7 Å². The van der Waals surface area contributed by atoms with Gasteiger partial charge in [0.1, 0.15) is 0 Å². The van der Waals surface area contributed by atoms with Crippen molar-refractivity contribution in [2.24, 2.45) is 13.0 Å². The summed E-state index contributed by atoms with van der Waals surface area (Å²) < 4.78 is 13.2. The zero-order valence-corrected chi connectivity index (χ0v) is 16.1. The minimum Gasteiger partial charge on any atom is -0.493 e. The lowest BCUT2D eigenvalue weighted by Crippen LogP contribution is -2.18. The highest BCUT2D eigenvalue weighted by atomic mass is 16.5. The standard InChI is InChI=1S/C21H26N2O3/c1-13(2)7-6-10-26-19-12-17-16(11-18(19)25-5)15-8-9-22-14(3)20(15)21(24)23(17)4/h8-9,11-13H,6-7,10H2,1-5H3. The van der Waals surface area contributed by atoms with Gasteiger partial charge >= 0.3 is 0 Å². The van der Waals surface area contributed by atoms with E-state index in [2.05, 4.69) is 18.8 Å². The molecule has 0 aliphatic heterocycles. The van der Waals surface area contributed by atoms with E-state index in [9.17, 15) is 4.79 Å². The molecule has 0 atom stereocenters. The topological polar surface area (TPSA) is 53.3 Å². The van der Waals surface area contributed by atoms with E-state index in [0.717, 1.165) is 34.8 Å². The predicted octanol–water partition coefficient (Wildman–Crippen LogP) is 4.22. The van der Waals surface area contributed by atoms with E-state index in [1.807, 2.05) is 25.1 Å². The molecule has 2 heterocycles. The molecule has 0 saturated carbocycles. The summed E-state index contributed by atoms with van der Waals surface area (Å²) in [4.78, 5) is 17.1. The molecule has 0 aliphatic rings. The zero-order chi connectivity index (χ0) is 18.8. The lowest BCUT2D eigenvalue weighted by atomic mass is 10.1. The van der Waals surface area contributed by atoms with Gasteiger partial charge in [-0.1, -0.05) is 13.8 Å². The average Bonchev–Trinajstić information content (AvgIpc) is 2.62. The first kappa shape index (κ1) is 18.2. The molecule has 0 bridgehead atoms. The summed E-state index contributed by atoms with van der Waals surface area (Å²) >= 11 is 0. The van der Waals surface area contributed by atoms with Gasteiger partial charge in [-0.15, -0.1) is 0 Å². The van der Waals surface area contributed by atoms with E-state index in [0.29, 0.717) is 29.4 Å². The van der Waals surface area contributed by atoms with Gasteiger partial charge in [-0.25, -0.2) is 0 Å². The molecule has 3 aromatic rings. The molecule has 2 aromatic heterocycles. The number of rotatable bonds is 6. The molecule has 0 amide bonds. The SMILES string of the molecule is COc1cc2c3ccnc(C)c3c(=O)n(C)c2cc1OCCCC(C)C. The third kappa shape index (κ3) is 3.26. The third-order valence-electron chi connectivity index (χ3n) is 4.78. The molecule has 1 aromatic carbocycles. The summed E-state index contributed by atoms with van der Waals surface area (Å²) in [6.45, 7) is 6.90. The second-order valence-electron chi connectivity index (χ2n) is 7.09. The van der Waals surface area contributed by atoms with Crippen LogP contribution in [0.15, 0.2) is 29.2 Å². The summed E-state index contributed by atoms with van der Waals surface area (Å²) in [7, 11) is 3.42. The molecular weight excluding hydrogens is 328 g/mol. The van der Waals surface area contributed by atoms with Crippen LogP contribution >= 0.6 is 0 Å². The number of benzene rings is 1. The average molecular weight is 354 g/mol. The van der Waals surface area contributed by atoms with Crippen molar-refractivity contribution in [2.45, 2.75) is 33.6 Å². The molecule has 0 unspecified atom stereocenters. The number of aromatic nitrogens is 2. The van der Waals surface area contributed by atoms with Crippen LogP contribution in [0.1, 0.15) is 32.4 Å². The third-order valence-corrected chi connectivity index (χ3v) is 4.78. The second kappa shape index (κ2) is 7.36. The minimum atomic E-state index is -0.0472. The molecule has 5 heteroatoms. The number of methoxy groups -OCH3 is 1. The quantitative estimate of drug-likeness (QED) is 0.491. The van der Waals surface area contributed by atoms with E-state index in [1.54, 1.807) is 24.9 Å². The van der Waals surface area contributed by atoms with Crippen molar-refractivity contribution in [3.05, 3.63) is 40.4 Å². The number of pyridine rings is 2. The highest BCUT2D eigenvalue weighted by Gasteiger charge is 2.15. The fraction of sp³-hybridized carbons (Fsp3) is 0.429. The Balaban J connectivity index is 2.14. The summed E-state index contributed by atoms with van der Waals surface area (Å²) in [5.74, 6) is 2.00. The Bertz CT molecular complexity index is 1010. The van der Waals surface area contributed by atoms with Crippen LogP contribution in [0.4, 0.5) is 0 Å². The number of ether oxygens (including phenoxy) is 2. The summed E-state index contributed by atoms with van der Waals surface area (Å²) in [5, 5.41) is 2.49. The maximum atomic E-state index is 12.8. The van der Waals surface area contributed by atoms with Crippen LogP contribution in [0.25, 0.3) is 21.7 Å². The molecule has 5 nitrogen and oxygen atoms in total. The lowest BCUT2D eigenvalue weighted by Gasteiger charge is -2.16. The van der Waals surface area contributed by atoms with Gasteiger partial charge in [0.05, 0.1) is 30.3 Å². The lowest BCUT2D eigenvalue weighted by molar-refractivity contribution is 0.280. The first-order chi connectivity index (χ1) is 12.4. The van der Waals surface area contributed by atoms with Crippen LogP contribution in [-0.2, 0) is 7.05 Å². The molecule has 0 aliphatic carbocycles. The van der Waals surface area contributed by atoms with E-state index in [1.165, 1.54) is 0 Å². The number of fused-ring (bicyclic) bond motifs is 3. The highest BCUT2D eigenvalue weighted by molar-refractivity contribution is 6.07. The summed E-state index contributed by atoms with van der Waals surface area (Å²) in [6, 6.07) is 5.74. The van der Waals surface area contributed by atoms with Gasteiger partial charge in [0.2, 0.25) is 0 Å². The van der Waals surface area contributed by atoms with Crippen LogP contribution in [-0.4, -0.2) is 23.3 Å². The van der Waals surface area contributed by atoms with E-state index in [4.69, 9.17) is 9.47 Å². The molecule has 0 saturated heterocycles. The maximum Gasteiger partial charge on any atom is 0.260 e. The molecule has 3 rings (SSSR count). The molecule has 0 radical (unpaired) electrons. The Morgan fingerprint density at radius 1 is 1.19 bits per heavy atom. The van der Waals surface area contributed by atoms with Crippen molar-refractivity contribution in [2.75, 3.05) is 13.7 Å². The fourth-order valence-electron chi connectivity index (χ4n) is 3.33. The normalized spacial score (nSPS) is 11.5. The van der Waals surface area contributed by atoms with Gasteiger partial charge in [-0.05, 0) is 37.8 Å². The second-order valence-corrected chi connectivity index (χ2v) is 7.09. The monoisotopic (exact) mass is 354 g/mol. The van der Waals surface area contributed by atoms with Crippen LogP contribution in [0.5, 0.6) is 11.5 Å². The van der Waals surface area contributed by atoms with Crippen LogP contribution < -0.4 is 15.0 Å². The molecule has 0 spiro atoms. The van der Waals surface area contributed by atoms with Gasteiger partial charge in [0.25, 0.3) is 5.56 Å². The van der Waals surface area contributed by atoms with Crippen LogP contribution in [0, 0.1) is 12.8 Å². The minimum absolute atomic E-state index is 0.0472. The number of hydrogen-bond donors (Lipinski definition) is 0. The Labute approximate surface area is 153 Å². The molecule has 0 fully saturated rings. The largest absolute Gasteiger partial charge is 0.493 e. The number of aryl methyl sites for hydroxylation is 2. The van der Waals surface area contributed by atoms with Gasteiger partial charge in [-0.2, -0.15) is 0 Å². The maximum absolute atomic E-state index is 12.8. The van der Waals surface area contributed by atoms with Crippen molar-refractivity contribution < 1.29 is 9.47 Å². The van der Waals surface area contributed by atoms with Gasteiger partial charge in [-0.3, -0.25) is 9.78 Å². The summed E-state index contributed by atoms with van der Waals surface area (Å²) in [6.07, 6.45) is 3.84. The number of nitrogens with zero attached hydrogens (tertiary/aromatic N) is 2. The fourth-order valence-corrected chi connectivity index (χ4v) is 3.33. The van der Waals surface area contributed by atoms with E-state index < -0.39 is 0 Å². The van der Waals surface area contributed by atoms with Gasteiger partial charge in [0.15, 0.2) is 11.5 Å². The smallest absolute Gasteiger partial charge is 0.260 e. The highest BCUT2D eigenvalue weighted by Crippen LogP contribution is 2.35. The van der Waals surface area contributed by atoms with Crippen molar-refractivity contribution in [3.8, 4) is 11.5 Å². The van der Waals surface area contributed by atoms with Gasteiger partial charge < -0.3 is 14.0 Å². The predicted molar refractivity (Wildman–Crippen MR) is 105 cm³/mol. The van der Waals surface area contributed by atoms with Crippen molar-refractivity contribution in [1.29, 1.82) is 0 Å². The molecule has 138 valence electrons. The Morgan fingerprint density at radius 3 is 2.65 bits per heavy atom. The van der Waals surface area contributed by atoms with Crippen molar-refractivity contribution in [1.82, 2.24) is 9.55 Å². The zero-order valence-electron chi connectivity index (χ0n) is 16.1. The van der Waals surface area contributed by atoms with Crippen LogP contribution in [0.3, 0.4) is 0 Å². The first-order valence-electron chi connectivity index (χ1n) is 9.03. The van der Waals surface area contributed by atoms with E-state index >= 15 is 0 Å². The summed E-state index contributed by atoms with van der Waals surface area (Å²) in [5.41, 5.74) is 1.51. The Kier molecular flexibility index (Phi) is 5.16. The van der Waals surface area contributed by atoms with Crippen molar-refractivity contribution in [3.63, 3.8) is 0 Å². The molecular formula is C21H26N2O3. The Morgan fingerprint density at radius 2 is 1.96 bits per heavy atom. The Hall–Kier alpha value is -2.56.